The maximum atomic E-state index is 5.82. The van der Waals surface area contributed by atoms with Crippen LogP contribution in [0.5, 0.6) is 0 Å². The molecule has 0 aliphatic heterocycles. The van der Waals surface area contributed by atoms with Crippen molar-refractivity contribution in [3.8, 4) is 0 Å². The Balaban J connectivity index is 1.83. The average molecular weight is 253 g/mol. The highest BCUT2D eigenvalue weighted by Gasteiger charge is 2.34. The van der Waals surface area contributed by atoms with Crippen LogP contribution in [0.15, 0.2) is 0 Å². The molecule has 0 amide bonds. The van der Waals surface area contributed by atoms with Gasteiger partial charge in [-0.05, 0) is 57.9 Å². The summed E-state index contributed by atoms with van der Waals surface area (Å²) in [5, 5.41) is 3.50. The maximum absolute atomic E-state index is 5.82. The first-order chi connectivity index (χ1) is 8.70. The van der Waals surface area contributed by atoms with Crippen LogP contribution in [-0.4, -0.2) is 25.8 Å². The van der Waals surface area contributed by atoms with Crippen molar-refractivity contribution < 1.29 is 4.74 Å². The van der Waals surface area contributed by atoms with Crippen molar-refractivity contribution in [2.75, 3.05) is 13.7 Å². The van der Waals surface area contributed by atoms with E-state index in [0.717, 1.165) is 24.4 Å². The topological polar surface area (TPSA) is 21.3 Å². The van der Waals surface area contributed by atoms with Crippen molar-refractivity contribution in [1.29, 1.82) is 0 Å². The summed E-state index contributed by atoms with van der Waals surface area (Å²) in [5.41, 5.74) is 0. The lowest BCUT2D eigenvalue weighted by atomic mass is 9.66. The minimum atomic E-state index is 0.354. The highest BCUT2D eigenvalue weighted by atomic mass is 16.5. The highest BCUT2D eigenvalue weighted by molar-refractivity contribution is 4.87. The Labute approximate surface area is 113 Å². The number of fused-ring (bicyclic) bond motifs is 1. The zero-order chi connectivity index (χ0) is 13.0. The van der Waals surface area contributed by atoms with Gasteiger partial charge in [0, 0.05) is 6.04 Å². The lowest BCUT2D eigenvalue weighted by Crippen LogP contribution is -2.42. The van der Waals surface area contributed by atoms with Crippen molar-refractivity contribution in [3.63, 3.8) is 0 Å². The van der Waals surface area contributed by atoms with Crippen molar-refractivity contribution >= 4 is 0 Å². The fourth-order valence-corrected chi connectivity index (χ4v) is 4.03. The Morgan fingerprint density at radius 2 is 1.78 bits per heavy atom. The average Bonchev–Trinajstić information content (AvgIpc) is 2.39. The normalized spacial score (nSPS) is 34.3. The Kier molecular flexibility index (Phi) is 5.50. The number of nitrogens with one attached hydrogen (secondary N) is 1. The van der Waals surface area contributed by atoms with Gasteiger partial charge in [-0.25, -0.2) is 0 Å². The third kappa shape index (κ3) is 3.71. The summed E-state index contributed by atoms with van der Waals surface area (Å²) >= 11 is 0. The third-order valence-corrected chi connectivity index (χ3v) is 5.13. The van der Waals surface area contributed by atoms with Gasteiger partial charge >= 0.3 is 0 Å². The molecule has 2 aliphatic carbocycles. The lowest BCUT2D eigenvalue weighted by molar-refractivity contribution is 0.0298. The summed E-state index contributed by atoms with van der Waals surface area (Å²) in [6.45, 7) is 5.14. The monoisotopic (exact) mass is 253 g/mol. The molecule has 0 aromatic heterocycles. The molecule has 0 aromatic carbocycles. The van der Waals surface area contributed by atoms with E-state index in [9.17, 15) is 0 Å². The van der Waals surface area contributed by atoms with E-state index in [-0.39, 0.29) is 0 Å². The number of hydrogen-bond donors (Lipinski definition) is 1. The minimum Gasteiger partial charge on any atom is -0.377 e. The van der Waals surface area contributed by atoms with Crippen molar-refractivity contribution in [1.82, 2.24) is 5.32 Å². The van der Waals surface area contributed by atoms with E-state index >= 15 is 0 Å². The molecule has 2 rings (SSSR count). The van der Waals surface area contributed by atoms with Gasteiger partial charge < -0.3 is 10.1 Å². The minimum absolute atomic E-state index is 0.354. The molecule has 2 nitrogen and oxygen atoms in total. The van der Waals surface area contributed by atoms with E-state index in [2.05, 4.69) is 26.2 Å². The fraction of sp³-hybridized carbons (Fsp3) is 1.00. The predicted octanol–water partition coefficient (Wildman–Crippen LogP) is 3.61. The second kappa shape index (κ2) is 6.91. The number of likely N-dealkylation sites (N-methyl/N-ethyl adjacent to an activating group) is 1. The van der Waals surface area contributed by atoms with Gasteiger partial charge in [-0.2, -0.15) is 0 Å². The molecule has 2 saturated carbocycles. The van der Waals surface area contributed by atoms with Gasteiger partial charge in [0.05, 0.1) is 12.7 Å². The van der Waals surface area contributed by atoms with E-state index < -0.39 is 0 Å². The Bertz CT molecular complexity index is 241. The summed E-state index contributed by atoms with van der Waals surface area (Å²) in [6.07, 6.45) is 10.6. The van der Waals surface area contributed by atoms with Gasteiger partial charge in [0.15, 0.2) is 0 Å². The molecule has 0 aromatic rings. The molecule has 1 N–H and O–H groups in total. The summed E-state index contributed by atoms with van der Waals surface area (Å²) in [6, 6.07) is 0.565. The molecule has 4 atom stereocenters. The Hall–Kier alpha value is -0.0800. The van der Waals surface area contributed by atoms with Gasteiger partial charge in [-0.1, -0.05) is 25.7 Å². The molecule has 18 heavy (non-hydrogen) atoms. The molecule has 0 radical (unpaired) electrons. The Morgan fingerprint density at radius 1 is 1.06 bits per heavy atom. The Morgan fingerprint density at radius 3 is 2.44 bits per heavy atom. The molecule has 2 aliphatic rings. The molecule has 2 fully saturated rings. The van der Waals surface area contributed by atoms with Crippen LogP contribution in [0.3, 0.4) is 0 Å². The second-order valence-electron chi connectivity index (χ2n) is 6.66. The van der Waals surface area contributed by atoms with E-state index in [0.29, 0.717) is 12.1 Å². The third-order valence-electron chi connectivity index (χ3n) is 5.13. The first-order valence-electron chi connectivity index (χ1n) is 7.99. The maximum Gasteiger partial charge on any atom is 0.0625 e. The number of hydrogen-bond acceptors (Lipinski definition) is 2. The molecule has 2 heteroatoms. The zero-order valence-corrected chi connectivity index (χ0v) is 12.5. The van der Waals surface area contributed by atoms with E-state index in [1.807, 2.05) is 0 Å². The standard InChI is InChI=1S/C16H31NO/c1-12(2)18-11-16(17-3)15-9-8-13-6-4-5-7-14(13)10-15/h12-17H,4-11H2,1-3H3. The zero-order valence-electron chi connectivity index (χ0n) is 12.5. The molecule has 0 bridgehead atoms. The van der Waals surface area contributed by atoms with Crippen LogP contribution >= 0.6 is 0 Å². The molecule has 0 saturated heterocycles. The summed E-state index contributed by atoms with van der Waals surface area (Å²) in [5.74, 6) is 2.92. The first kappa shape index (κ1) is 14.3. The highest BCUT2D eigenvalue weighted by Crippen LogP contribution is 2.43. The molecular weight excluding hydrogens is 222 g/mol. The van der Waals surface area contributed by atoms with Crippen molar-refractivity contribution in [3.05, 3.63) is 0 Å². The summed E-state index contributed by atoms with van der Waals surface area (Å²) < 4.78 is 5.82. The van der Waals surface area contributed by atoms with Crippen LogP contribution in [0.25, 0.3) is 0 Å². The number of rotatable bonds is 5. The van der Waals surface area contributed by atoms with E-state index in [1.54, 1.807) is 0 Å². The molecule has 4 unspecified atom stereocenters. The quantitative estimate of drug-likeness (QED) is 0.808. The van der Waals surface area contributed by atoms with Crippen molar-refractivity contribution in [2.24, 2.45) is 17.8 Å². The van der Waals surface area contributed by atoms with Gasteiger partial charge in [0.25, 0.3) is 0 Å². The first-order valence-corrected chi connectivity index (χ1v) is 7.99. The van der Waals surface area contributed by atoms with Crippen LogP contribution in [0.2, 0.25) is 0 Å². The second-order valence-corrected chi connectivity index (χ2v) is 6.66. The van der Waals surface area contributed by atoms with Crippen LogP contribution in [0, 0.1) is 17.8 Å². The number of ether oxygens (including phenoxy) is 1. The predicted molar refractivity (Wildman–Crippen MR) is 76.7 cm³/mol. The van der Waals surface area contributed by atoms with Crippen LogP contribution in [0.4, 0.5) is 0 Å². The molecule has 0 heterocycles. The van der Waals surface area contributed by atoms with Crippen molar-refractivity contribution in [2.45, 2.75) is 70.9 Å². The molecule has 0 spiro atoms. The van der Waals surface area contributed by atoms with Gasteiger partial charge in [0.2, 0.25) is 0 Å². The largest absolute Gasteiger partial charge is 0.377 e. The van der Waals surface area contributed by atoms with Crippen LogP contribution in [0.1, 0.15) is 58.8 Å². The SMILES string of the molecule is CNC(COC(C)C)C1CCC2CCCCC2C1. The molecule has 106 valence electrons. The van der Waals surface area contributed by atoms with Crippen LogP contribution in [-0.2, 0) is 4.74 Å². The summed E-state index contributed by atoms with van der Waals surface area (Å²) in [7, 11) is 2.10. The lowest BCUT2D eigenvalue weighted by Gasteiger charge is -2.42. The smallest absolute Gasteiger partial charge is 0.0625 e. The van der Waals surface area contributed by atoms with E-state index in [4.69, 9.17) is 4.74 Å². The van der Waals surface area contributed by atoms with Gasteiger partial charge in [0.1, 0.15) is 0 Å². The van der Waals surface area contributed by atoms with Gasteiger partial charge in [-0.15, -0.1) is 0 Å². The van der Waals surface area contributed by atoms with E-state index in [1.165, 1.54) is 44.9 Å². The summed E-state index contributed by atoms with van der Waals surface area (Å²) in [4.78, 5) is 0. The van der Waals surface area contributed by atoms with Gasteiger partial charge in [-0.3, -0.25) is 0 Å². The van der Waals surface area contributed by atoms with Crippen LogP contribution < -0.4 is 5.32 Å². The fourth-order valence-electron chi connectivity index (χ4n) is 4.03. The molecular formula is C16H31NO.